The minimum Gasteiger partial charge on any atom is -0.458 e. The number of benzene rings is 1. The number of alkyl halides is 1. The number of halogens is 1. The van der Waals surface area contributed by atoms with Crippen LogP contribution >= 0.6 is 15.9 Å². The van der Waals surface area contributed by atoms with E-state index in [1.165, 1.54) is 0 Å². The molecule has 0 saturated heterocycles. The number of pyridine rings is 2. The Bertz CT molecular complexity index is 1370. The molecular weight excluding hydrogens is 478 g/mol. The van der Waals surface area contributed by atoms with Gasteiger partial charge in [0.2, 0.25) is 5.91 Å². The van der Waals surface area contributed by atoms with Crippen LogP contribution in [-0.2, 0) is 39.6 Å². The van der Waals surface area contributed by atoms with Crippen molar-refractivity contribution < 1.29 is 19.4 Å². The van der Waals surface area contributed by atoms with E-state index in [0.29, 0.717) is 35.6 Å². The number of rotatable bonds is 4. The highest BCUT2D eigenvalue weighted by atomic mass is 79.9. The first-order chi connectivity index (χ1) is 15.4. The fourth-order valence-corrected chi connectivity index (χ4v) is 4.59. The SMILES string of the molecule is CC[C@@]1(O)C(=O)OCc2c1cc1n(c2=O)Cc2cc3cc(CNC(=O)CBr)ccc3nc2-1. The van der Waals surface area contributed by atoms with E-state index < -0.39 is 11.6 Å². The Morgan fingerprint density at radius 1 is 1.31 bits per heavy atom. The lowest BCUT2D eigenvalue weighted by Gasteiger charge is -2.31. The highest BCUT2D eigenvalue weighted by Gasteiger charge is 2.45. The molecule has 0 bridgehead atoms. The third-order valence-corrected chi connectivity index (χ3v) is 6.69. The lowest BCUT2D eigenvalue weighted by Crippen LogP contribution is -2.44. The van der Waals surface area contributed by atoms with Gasteiger partial charge in [-0.05, 0) is 36.2 Å². The van der Waals surface area contributed by atoms with Crippen LogP contribution in [-0.4, -0.2) is 31.9 Å². The van der Waals surface area contributed by atoms with Crippen LogP contribution in [0.4, 0.5) is 0 Å². The van der Waals surface area contributed by atoms with Crippen molar-refractivity contribution in [1.29, 1.82) is 0 Å². The van der Waals surface area contributed by atoms with Crippen molar-refractivity contribution in [3.05, 3.63) is 62.9 Å². The Hall–Kier alpha value is -3.04. The van der Waals surface area contributed by atoms with Crippen LogP contribution in [0.1, 0.15) is 35.6 Å². The van der Waals surface area contributed by atoms with Crippen molar-refractivity contribution in [2.75, 3.05) is 5.33 Å². The molecule has 1 atom stereocenters. The molecule has 0 unspecified atom stereocenters. The van der Waals surface area contributed by atoms with Gasteiger partial charge >= 0.3 is 5.97 Å². The van der Waals surface area contributed by atoms with Crippen LogP contribution in [0, 0.1) is 0 Å². The topological polar surface area (TPSA) is 111 Å². The molecule has 1 amide bonds. The van der Waals surface area contributed by atoms with Gasteiger partial charge in [0.25, 0.3) is 5.56 Å². The zero-order valence-corrected chi connectivity index (χ0v) is 18.9. The van der Waals surface area contributed by atoms with E-state index >= 15 is 0 Å². The van der Waals surface area contributed by atoms with Gasteiger partial charge in [-0.2, -0.15) is 0 Å². The van der Waals surface area contributed by atoms with E-state index in [1.807, 2.05) is 24.3 Å². The van der Waals surface area contributed by atoms with Crippen LogP contribution in [0.25, 0.3) is 22.3 Å². The second-order valence-corrected chi connectivity index (χ2v) is 8.60. The zero-order valence-electron chi connectivity index (χ0n) is 17.3. The van der Waals surface area contributed by atoms with Gasteiger partial charge in [-0.15, -0.1) is 0 Å². The summed E-state index contributed by atoms with van der Waals surface area (Å²) in [4.78, 5) is 41.7. The number of hydrogen-bond donors (Lipinski definition) is 2. The Labute approximate surface area is 191 Å². The van der Waals surface area contributed by atoms with Crippen LogP contribution in [0.15, 0.2) is 35.1 Å². The standard InChI is InChI=1S/C23H20BrN3O5/c1-2-23(31)16-7-18-20-14(10-27(18)21(29)15(16)11-32-22(23)30)6-13-5-12(3-4-17(13)26-20)9-25-19(28)8-24/h3-7,31H,2,8-11H2,1H3,(H,25,28)/t23-/m0/s1. The molecule has 1 aromatic carbocycles. The van der Waals surface area contributed by atoms with Gasteiger partial charge in [0, 0.05) is 23.1 Å². The molecule has 2 aliphatic rings. The first-order valence-corrected chi connectivity index (χ1v) is 11.4. The summed E-state index contributed by atoms with van der Waals surface area (Å²) in [5.74, 6) is -0.827. The largest absolute Gasteiger partial charge is 0.458 e. The van der Waals surface area contributed by atoms with Crippen molar-refractivity contribution in [3.8, 4) is 11.4 Å². The molecule has 8 nitrogen and oxygen atoms in total. The number of esters is 1. The molecule has 0 spiro atoms. The zero-order chi connectivity index (χ0) is 22.6. The highest BCUT2D eigenvalue weighted by molar-refractivity contribution is 9.09. The molecule has 0 saturated carbocycles. The van der Waals surface area contributed by atoms with Gasteiger partial charge < -0.3 is 19.7 Å². The van der Waals surface area contributed by atoms with Gasteiger partial charge in [0.15, 0.2) is 5.60 Å². The summed E-state index contributed by atoms with van der Waals surface area (Å²) in [7, 11) is 0. The number of hydrogen-bond acceptors (Lipinski definition) is 6. The van der Waals surface area contributed by atoms with E-state index in [4.69, 9.17) is 9.72 Å². The first kappa shape index (κ1) is 20.8. The molecule has 4 heterocycles. The van der Waals surface area contributed by atoms with Gasteiger partial charge in [-0.1, -0.05) is 28.9 Å². The fraction of sp³-hybridized carbons (Fsp3) is 0.304. The molecule has 32 heavy (non-hydrogen) atoms. The Kier molecular flexibility index (Phi) is 4.90. The van der Waals surface area contributed by atoms with Crippen LogP contribution < -0.4 is 10.9 Å². The average Bonchev–Trinajstić information content (AvgIpc) is 3.16. The van der Waals surface area contributed by atoms with Crippen molar-refractivity contribution in [1.82, 2.24) is 14.9 Å². The minimum absolute atomic E-state index is 0.0922. The molecule has 3 aromatic rings. The van der Waals surface area contributed by atoms with E-state index in [9.17, 15) is 19.5 Å². The second kappa shape index (κ2) is 7.53. The molecule has 164 valence electrons. The normalized spacial score (nSPS) is 18.7. The number of nitrogens with one attached hydrogen (secondary N) is 1. The molecule has 2 aliphatic heterocycles. The van der Waals surface area contributed by atoms with Gasteiger partial charge in [-0.25, -0.2) is 9.78 Å². The predicted octanol–water partition coefficient (Wildman–Crippen LogP) is 2.09. The number of aromatic nitrogens is 2. The quantitative estimate of drug-likeness (QED) is 0.330. The molecule has 2 aromatic heterocycles. The number of aliphatic hydroxyl groups is 1. The monoisotopic (exact) mass is 497 g/mol. The van der Waals surface area contributed by atoms with E-state index in [0.717, 1.165) is 22.0 Å². The summed E-state index contributed by atoms with van der Waals surface area (Å²) in [6.07, 6.45) is 0.105. The summed E-state index contributed by atoms with van der Waals surface area (Å²) in [6.45, 7) is 2.29. The van der Waals surface area contributed by atoms with Crippen molar-refractivity contribution in [3.63, 3.8) is 0 Å². The first-order valence-electron chi connectivity index (χ1n) is 10.3. The van der Waals surface area contributed by atoms with Crippen molar-refractivity contribution in [2.45, 2.75) is 38.6 Å². The smallest absolute Gasteiger partial charge is 0.343 e. The Morgan fingerprint density at radius 2 is 2.12 bits per heavy atom. The maximum atomic E-state index is 13.2. The van der Waals surface area contributed by atoms with Crippen LogP contribution in [0.5, 0.6) is 0 Å². The average molecular weight is 498 g/mol. The highest BCUT2D eigenvalue weighted by Crippen LogP contribution is 2.38. The molecule has 9 heteroatoms. The summed E-state index contributed by atoms with van der Waals surface area (Å²) in [5, 5.41) is 14.9. The maximum absolute atomic E-state index is 13.2. The molecule has 0 fully saturated rings. The number of nitrogens with zero attached hydrogens (tertiary/aromatic N) is 2. The molecule has 2 N–H and O–H groups in total. The molecule has 0 aliphatic carbocycles. The summed E-state index contributed by atoms with van der Waals surface area (Å²) >= 11 is 3.13. The summed E-state index contributed by atoms with van der Waals surface area (Å²) < 4.78 is 6.71. The van der Waals surface area contributed by atoms with E-state index in [-0.39, 0.29) is 29.8 Å². The number of cyclic esters (lactones) is 1. The number of carbonyl (C=O) groups excluding carboxylic acids is 2. The number of amides is 1. The Morgan fingerprint density at radius 3 is 2.88 bits per heavy atom. The van der Waals surface area contributed by atoms with Crippen molar-refractivity contribution >= 4 is 38.7 Å². The Balaban J connectivity index is 1.60. The lowest BCUT2D eigenvalue weighted by molar-refractivity contribution is -0.172. The maximum Gasteiger partial charge on any atom is 0.343 e. The third kappa shape index (κ3) is 3.07. The van der Waals surface area contributed by atoms with Gasteiger partial charge in [0.05, 0.1) is 34.3 Å². The third-order valence-electron chi connectivity index (χ3n) is 6.18. The van der Waals surface area contributed by atoms with Gasteiger partial charge in [0.1, 0.15) is 6.61 Å². The van der Waals surface area contributed by atoms with Crippen molar-refractivity contribution in [2.24, 2.45) is 0 Å². The van der Waals surface area contributed by atoms with E-state index in [1.54, 1.807) is 17.6 Å². The number of ether oxygens (including phenoxy) is 1. The fourth-order valence-electron chi connectivity index (χ4n) is 4.39. The lowest BCUT2D eigenvalue weighted by atomic mass is 9.86. The van der Waals surface area contributed by atoms with Gasteiger partial charge in [-0.3, -0.25) is 9.59 Å². The van der Waals surface area contributed by atoms with Crippen LogP contribution in [0.2, 0.25) is 0 Å². The number of fused-ring (bicyclic) bond motifs is 5. The van der Waals surface area contributed by atoms with E-state index in [2.05, 4.69) is 21.2 Å². The summed E-state index contributed by atoms with van der Waals surface area (Å²) in [6, 6.07) is 9.44. The molecular formula is C23H20BrN3O5. The molecule has 5 rings (SSSR count). The number of carbonyl (C=O) groups is 2. The molecule has 0 radical (unpaired) electrons. The van der Waals surface area contributed by atoms with Crippen LogP contribution in [0.3, 0.4) is 0 Å². The second-order valence-electron chi connectivity index (χ2n) is 8.04. The minimum atomic E-state index is -1.84. The summed E-state index contributed by atoms with van der Waals surface area (Å²) in [5.41, 5.74) is 2.32. The predicted molar refractivity (Wildman–Crippen MR) is 120 cm³/mol.